The van der Waals surface area contributed by atoms with Crippen molar-refractivity contribution in [2.24, 2.45) is 11.8 Å². The lowest BCUT2D eigenvalue weighted by Crippen LogP contribution is -2.66. The first-order valence-corrected chi connectivity index (χ1v) is 13.6. The highest BCUT2D eigenvalue weighted by Gasteiger charge is 2.66. The second kappa shape index (κ2) is 9.25. The largest absolute Gasteiger partial charge is 0.504 e. The van der Waals surface area contributed by atoms with Crippen LogP contribution < -0.4 is 9.47 Å². The lowest BCUT2D eigenvalue weighted by atomic mass is 9.51. The van der Waals surface area contributed by atoms with Crippen molar-refractivity contribution in [2.75, 3.05) is 19.7 Å². The SMILES string of the molecule is Cl.O=C1CC[C@H]2[C@H]3Cc4c(OCCCc5ccccc5)cc(O)c5c4[C@@]2(CCN3CC2CCC2)[C@H]1O5. The van der Waals surface area contributed by atoms with E-state index in [2.05, 4.69) is 29.2 Å². The van der Waals surface area contributed by atoms with Gasteiger partial charge in [-0.2, -0.15) is 0 Å². The van der Waals surface area contributed by atoms with Gasteiger partial charge in [-0.3, -0.25) is 9.69 Å². The average molecular weight is 510 g/mol. The molecule has 0 unspecified atom stereocenters. The molecule has 1 N–H and O–H groups in total. The Morgan fingerprint density at radius 3 is 2.78 bits per heavy atom. The van der Waals surface area contributed by atoms with E-state index >= 15 is 0 Å². The van der Waals surface area contributed by atoms with E-state index in [9.17, 15) is 9.90 Å². The molecule has 6 heteroatoms. The van der Waals surface area contributed by atoms with Gasteiger partial charge >= 0.3 is 0 Å². The summed E-state index contributed by atoms with van der Waals surface area (Å²) in [5, 5.41) is 11.0. The van der Waals surface area contributed by atoms with Gasteiger partial charge in [-0.25, -0.2) is 0 Å². The summed E-state index contributed by atoms with van der Waals surface area (Å²) in [6, 6.07) is 12.7. The Balaban J connectivity index is 0.00000240. The molecule has 2 saturated carbocycles. The number of carbonyl (C=O) groups excluding carboxylic acids is 1. The molecule has 5 aliphatic rings. The standard InChI is InChI=1S/C30H35NO4.ClH/c32-24-12-11-22-23-16-21-26(34-15-5-10-19-6-2-1-3-7-19)17-25(33)28-27(21)30(22,29(24)35-28)13-14-31(23)18-20-8-4-9-20;/h1-3,6-7,17,20,22-23,29,33H,4-5,8-16,18H2;1H/t22-,23+,29-,30-;/m0./s1. The first-order valence-electron chi connectivity index (χ1n) is 13.6. The molecule has 2 heterocycles. The highest BCUT2D eigenvalue weighted by molar-refractivity contribution is 5.89. The maximum Gasteiger partial charge on any atom is 0.174 e. The molecule has 7 rings (SSSR count). The van der Waals surface area contributed by atoms with Crippen LogP contribution in [0.3, 0.4) is 0 Å². The Labute approximate surface area is 219 Å². The number of nitrogens with zero attached hydrogens (tertiary/aromatic N) is 1. The molecule has 3 fully saturated rings. The number of rotatable bonds is 7. The van der Waals surface area contributed by atoms with E-state index in [1.54, 1.807) is 6.07 Å². The molecule has 2 aromatic carbocycles. The van der Waals surface area contributed by atoms with Gasteiger partial charge in [-0.15, -0.1) is 12.4 Å². The van der Waals surface area contributed by atoms with Gasteiger partial charge < -0.3 is 14.6 Å². The minimum atomic E-state index is -0.442. The van der Waals surface area contributed by atoms with E-state index in [0.717, 1.165) is 55.9 Å². The number of ketones is 1. The number of aromatic hydroxyl groups is 1. The molecule has 4 atom stereocenters. The van der Waals surface area contributed by atoms with Crippen molar-refractivity contribution in [1.29, 1.82) is 0 Å². The monoisotopic (exact) mass is 509 g/mol. The van der Waals surface area contributed by atoms with Crippen LogP contribution in [0.5, 0.6) is 17.2 Å². The van der Waals surface area contributed by atoms with Crippen molar-refractivity contribution in [3.63, 3.8) is 0 Å². The molecule has 1 spiro atoms. The minimum absolute atomic E-state index is 0. The van der Waals surface area contributed by atoms with Crippen molar-refractivity contribution in [2.45, 2.75) is 75.3 Å². The Hall–Kier alpha value is -2.24. The summed E-state index contributed by atoms with van der Waals surface area (Å²) >= 11 is 0. The smallest absolute Gasteiger partial charge is 0.174 e. The molecule has 5 nitrogen and oxygen atoms in total. The van der Waals surface area contributed by atoms with Gasteiger partial charge in [0.2, 0.25) is 0 Å². The molecular weight excluding hydrogens is 474 g/mol. The number of Topliss-reactive ketones (excluding diaryl/α,β-unsaturated/α-hetero) is 1. The quantitative estimate of drug-likeness (QED) is 0.518. The Morgan fingerprint density at radius 1 is 1.17 bits per heavy atom. The lowest BCUT2D eigenvalue weighted by Gasteiger charge is -2.58. The first-order chi connectivity index (χ1) is 17.1. The summed E-state index contributed by atoms with van der Waals surface area (Å²) in [5.74, 6) is 2.95. The van der Waals surface area contributed by atoms with Gasteiger partial charge in [0.15, 0.2) is 23.4 Å². The normalized spacial score (nSPS) is 30.1. The number of hydrogen-bond acceptors (Lipinski definition) is 5. The van der Waals surface area contributed by atoms with Gasteiger partial charge in [0.25, 0.3) is 0 Å². The maximum atomic E-state index is 13.1. The van der Waals surface area contributed by atoms with E-state index in [1.165, 1.54) is 36.9 Å². The molecule has 0 aromatic heterocycles. The van der Waals surface area contributed by atoms with Gasteiger partial charge in [-0.05, 0) is 68.9 Å². The zero-order valence-electron chi connectivity index (χ0n) is 20.8. The van der Waals surface area contributed by atoms with Crippen LogP contribution >= 0.6 is 12.4 Å². The molecule has 1 saturated heterocycles. The maximum absolute atomic E-state index is 13.1. The Kier molecular flexibility index (Phi) is 6.20. The van der Waals surface area contributed by atoms with Crippen LogP contribution in [0.15, 0.2) is 36.4 Å². The van der Waals surface area contributed by atoms with Gasteiger partial charge in [0.05, 0.1) is 6.61 Å². The molecule has 0 amide bonds. The molecule has 2 aromatic rings. The topological polar surface area (TPSA) is 59.0 Å². The van der Waals surface area contributed by atoms with Gasteiger partial charge in [-0.1, -0.05) is 36.8 Å². The highest BCUT2D eigenvalue weighted by Crippen LogP contribution is 2.64. The van der Waals surface area contributed by atoms with Crippen molar-refractivity contribution in [3.8, 4) is 17.2 Å². The second-order valence-electron chi connectivity index (χ2n) is 11.5. The van der Waals surface area contributed by atoms with Crippen LogP contribution in [-0.4, -0.2) is 47.6 Å². The lowest BCUT2D eigenvalue weighted by molar-refractivity contribution is -0.139. The molecule has 192 valence electrons. The van der Waals surface area contributed by atoms with Crippen molar-refractivity contribution in [3.05, 3.63) is 53.1 Å². The second-order valence-corrected chi connectivity index (χ2v) is 11.5. The zero-order chi connectivity index (χ0) is 23.6. The van der Waals surface area contributed by atoms with E-state index < -0.39 is 6.10 Å². The summed E-state index contributed by atoms with van der Waals surface area (Å²) in [5.41, 5.74) is 3.32. The fraction of sp³-hybridized carbons (Fsp3) is 0.567. The Morgan fingerprint density at radius 2 is 2.00 bits per heavy atom. The van der Waals surface area contributed by atoms with E-state index in [-0.39, 0.29) is 29.4 Å². The number of phenolic OH excluding ortho intramolecular Hbond substituents is 1. The number of hydrogen-bond donors (Lipinski definition) is 1. The number of aryl methyl sites for hydroxylation is 1. The average Bonchev–Trinajstić information content (AvgIpc) is 3.19. The molecule has 3 aliphatic carbocycles. The number of carbonyl (C=O) groups is 1. The fourth-order valence-corrected chi connectivity index (χ4v) is 7.92. The summed E-state index contributed by atoms with van der Waals surface area (Å²) in [6.45, 7) is 2.81. The van der Waals surface area contributed by atoms with Crippen LogP contribution in [0.4, 0.5) is 0 Å². The first kappa shape index (κ1) is 24.1. The minimum Gasteiger partial charge on any atom is -0.504 e. The van der Waals surface area contributed by atoms with Crippen molar-refractivity contribution < 1.29 is 19.4 Å². The molecular formula is C30H36ClNO4. The summed E-state index contributed by atoms with van der Waals surface area (Å²) in [7, 11) is 0. The van der Waals surface area contributed by atoms with Crippen molar-refractivity contribution >= 4 is 18.2 Å². The third kappa shape index (κ3) is 3.57. The van der Waals surface area contributed by atoms with Crippen LogP contribution in [0, 0.1) is 11.8 Å². The number of halogens is 1. The molecule has 2 bridgehead atoms. The van der Waals surface area contributed by atoms with E-state index in [1.807, 2.05) is 6.07 Å². The number of likely N-dealkylation sites (tertiary alicyclic amines) is 1. The van der Waals surface area contributed by atoms with Crippen molar-refractivity contribution in [1.82, 2.24) is 4.90 Å². The number of piperidine rings is 1. The van der Waals surface area contributed by atoms with E-state index in [4.69, 9.17) is 9.47 Å². The van der Waals surface area contributed by atoms with Crippen LogP contribution in [0.25, 0.3) is 0 Å². The van der Waals surface area contributed by atoms with Crippen LogP contribution in [0.1, 0.15) is 61.6 Å². The number of ether oxygens (including phenoxy) is 2. The molecule has 0 radical (unpaired) electrons. The van der Waals surface area contributed by atoms with Gasteiger partial charge in [0.1, 0.15) is 5.75 Å². The van der Waals surface area contributed by atoms with E-state index in [0.29, 0.717) is 30.7 Å². The third-order valence-corrected chi connectivity index (χ3v) is 9.74. The molecule has 36 heavy (non-hydrogen) atoms. The third-order valence-electron chi connectivity index (χ3n) is 9.74. The van der Waals surface area contributed by atoms with Crippen LogP contribution in [0.2, 0.25) is 0 Å². The Bertz CT molecular complexity index is 1150. The fourth-order valence-electron chi connectivity index (χ4n) is 7.92. The number of benzene rings is 2. The number of phenols is 1. The predicted octanol–water partition coefficient (Wildman–Crippen LogP) is 5.23. The molecule has 2 aliphatic heterocycles. The highest BCUT2D eigenvalue weighted by atomic mass is 35.5. The summed E-state index contributed by atoms with van der Waals surface area (Å²) in [4.78, 5) is 15.9. The summed E-state index contributed by atoms with van der Waals surface area (Å²) < 4.78 is 12.7. The van der Waals surface area contributed by atoms with Crippen LogP contribution in [-0.2, 0) is 23.1 Å². The zero-order valence-corrected chi connectivity index (χ0v) is 21.6. The van der Waals surface area contributed by atoms with Gasteiger partial charge in [0, 0.05) is 41.6 Å². The predicted molar refractivity (Wildman–Crippen MR) is 140 cm³/mol. The summed E-state index contributed by atoms with van der Waals surface area (Å²) in [6.07, 6.45) is 8.93.